The van der Waals surface area contributed by atoms with E-state index in [2.05, 4.69) is 252 Å². The molecule has 0 spiro atoms. The number of fused-ring (bicyclic) bond motifs is 5. The fraction of sp³-hybridized carbons (Fsp3) is 0.424. The molecule has 0 N–H and O–H groups in total. The number of benzene rings is 4. The maximum atomic E-state index is 3.67. The van der Waals surface area contributed by atoms with E-state index in [1.807, 2.05) is 0 Å². The van der Waals surface area contributed by atoms with Crippen LogP contribution in [0.1, 0.15) is 158 Å². The van der Waals surface area contributed by atoms with Crippen molar-refractivity contribution in [2.75, 3.05) is 9.80 Å². The van der Waals surface area contributed by atoms with E-state index in [1.165, 1.54) is 101 Å². The van der Waals surface area contributed by atoms with Gasteiger partial charge in [0.05, 0.1) is 17.1 Å². The molecule has 0 saturated carbocycles. The van der Waals surface area contributed by atoms with E-state index in [4.69, 9.17) is 0 Å². The summed E-state index contributed by atoms with van der Waals surface area (Å²) in [6.45, 7) is 36.4. The summed E-state index contributed by atoms with van der Waals surface area (Å²) >= 11 is 2.08. The minimum Gasteiger partial charge on any atom is -0.319 e. The molecule has 2 aliphatic heterocycles. The summed E-state index contributed by atoms with van der Waals surface area (Å²) in [5.74, 6) is 8.10. The molecule has 0 saturated heterocycles. The van der Waals surface area contributed by atoms with Gasteiger partial charge in [0.25, 0.3) is 6.71 Å². The van der Waals surface area contributed by atoms with Crippen LogP contribution in [-0.4, -0.2) is 6.71 Å². The highest BCUT2D eigenvalue weighted by molar-refractivity contribution is 7.32. The highest BCUT2D eigenvalue weighted by atomic mass is 32.1. The molecule has 4 heteroatoms. The average molecular weight is 941 g/mol. The van der Waals surface area contributed by atoms with Crippen LogP contribution in [0.15, 0.2) is 149 Å². The van der Waals surface area contributed by atoms with Gasteiger partial charge in [-0.15, -0.1) is 11.3 Å². The van der Waals surface area contributed by atoms with Gasteiger partial charge in [0, 0.05) is 49.5 Å². The molecule has 0 radical (unpaired) electrons. The number of nitrogens with zero attached hydrogens (tertiary/aromatic N) is 2. The molecule has 2 nitrogen and oxygen atoms in total. The van der Waals surface area contributed by atoms with Crippen molar-refractivity contribution in [1.82, 2.24) is 0 Å². The molecule has 3 heterocycles. The third kappa shape index (κ3) is 8.12. The number of rotatable bonds is 8. The number of hydrogen-bond donors (Lipinski definition) is 0. The molecule has 70 heavy (non-hydrogen) atoms. The SMILES string of the molecule is CCC1=C(CC(C)C(C)(C)c2ccccc2)N(c2ccc(C(C)(C)C)cc2-c2ccccc2)C2=C3B1c1sc4cc5c(cc4c1N(C1=CC#CC(C(C)(C)C)C=C1)C3=CC(C)C2)C(C)(C)CCC5(C)C. The molecule has 0 amide bonds. The average Bonchev–Trinajstić information content (AvgIpc) is 3.49. The molecule has 4 aromatic carbocycles. The Hall–Kier alpha value is -5.24. The van der Waals surface area contributed by atoms with Crippen molar-refractivity contribution in [2.45, 2.75) is 158 Å². The largest absolute Gasteiger partial charge is 0.319 e. The van der Waals surface area contributed by atoms with Crippen LogP contribution in [0.25, 0.3) is 21.2 Å². The highest BCUT2D eigenvalue weighted by Gasteiger charge is 2.50. The first-order valence-electron chi connectivity index (χ1n) is 26.5. The first-order valence-corrected chi connectivity index (χ1v) is 27.4. The molecule has 5 aromatic rings. The van der Waals surface area contributed by atoms with Gasteiger partial charge >= 0.3 is 0 Å². The zero-order chi connectivity index (χ0) is 49.9. The Labute approximate surface area is 426 Å². The number of thiophene rings is 1. The third-order valence-corrected chi connectivity index (χ3v) is 18.6. The predicted octanol–water partition coefficient (Wildman–Crippen LogP) is 17.3. The number of anilines is 2. The second kappa shape index (κ2) is 17.2. The Morgan fingerprint density at radius 1 is 0.800 bits per heavy atom. The van der Waals surface area contributed by atoms with Gasteiger partial charge in [-0.2, -0.15) is 0 Å². The Balaban J connectivity index is 1.30. The van der Waals surface area contributed by atoms with Crippen LogP contribution < -0.4 is 14.6 Å². The van der Waals surface area contributed by atoms with E-state index in [1.54, 1.807) is 5.47 Å². The van der Waals surface area contributed by atoms with E-state index in [-0.39, 0.29) is 39.7 Å². The van der Waals surface area contributed by atoms with Gasteiger partial charge in [0.15, 0.2) is 0 Å². The molecule has 5 aliphatic rings. The molecule has 0 fully saturated rings. The fourth-order valence-corrected chi connectivity index (χ4v) is 13.8. The molecule has 0 bridgehead atoms. The first-order chi connectivity index (χ1) is 33.0. The monoisotopic (exact) mass is 941 g/mol. The van der Waals surface area contributed by atoms with Crippen molar-refractivity contribution in [3.8, 4) is 23.0 Å². The van der Waals surface area contributed by atoms with Crippen LogP contribution in [0.5, 0.6) is 0 Å². The molecular weight excluding hydrogens is 864 g/mol. The van der Waals surface area contributed by atoms with Gasteiger partial charge in [0.1, 0.15) is 0 Å². The molecular formula is C66H77BN2S. The Morgan fingerprint density at radius 2 is 1.46 bits per heavy atom. The lowest BCUT2D eigenvalue weighted by molar-refractivity contribution is 0.332. The maximum absolute atomic E-state index is 3.67. The molecule has 10 rings (SSSR count). The molecule has 360 valence electrons. The van der Waals surface area contributed by atoms with Gasteiger partial charge in [0.2, 0.25) is 0 Å². The fourth-order valence-electron chi connectivity index (χ4n) is 12.4. The highest BCUT2D eigenvalue weighted by Crippen LogP contribution is 2.56. The second-order valence-electron chi connectivity index (χ2n) is 25.6. The van der Waals surface area contributed by atoms with E-state index in [0.717, 1.165) is 19.3 Å². The van der Waals surface area contributed by atoms with Crippen molar-refractivity contribution < 1.29 is 0 Å². The van der Waals surface area contributed by atoms with Crippen LogP contribution in [0, 0.1) is 35.0 Å². The summed E-state index contributed by atoms with van der Waals surface area (Å²) in [7, 11) is 0. The standard InChI is InChI=1S/C66H77BN2S/c1-16-53-55(38-43(3)66(14,15)46-26-21-18-22-27-46)69(54-33-31-47(63(7,8)9)39-49(54)44-24-19-17-20-25-44)57-37-42(2)36-56-59(57)67(53)61-60(68(56)48-29-23-28-45(30-32-48)62(4,5)6)50-40-51-52(41-58(50)70-61)65(12,13)35-34-64(51,10)11/h17-22,24-27,29-33,36,39-43,45H,16,34-35,37-38H2,1-15H3. The topological polar surface area (TPSA) is 6.48 Å². The van der Waals surface area contributed by atoms with Crippen LogP contribution in [0.4, 0.5) is 11.4 Å². The third-order valence-electron chi connectivity index (χ3n) is 17.4. The summed E-state index contributed by atoms with van der Waals surface area (Å²) in [6.07, 6.45) is 14.9. The number of allylic oxidation sites excluding steroid dienone is 8. The minimum absolute atomic E-state index is 0.00633. The second-order valence-corrected chi connectivity index (χ2v) is 26.7. The van der Waals surface area contributed by atoms with Crippen molar-refractivity contribution in [3.63, 3.8) is 0 Å². The lowest BCUT2D eigenvalue weighted by Crippen LogP contribution is -2.52. The summed E-state index contributed by atoms with van der Waals surface area (Å²) in [4.78, 5) is 5.52. The van der Waals surface area contributed by atoms with Crippen LogP contribution >= 0.6 is 11.3 Å². The Kier molecular flexibility index (Phi) is 11.9. The zero-order valence-corrected chi connectivity index (χ0v) is 45.9. The summed E-state index contributed by atoms with van der Waals surface area (Å²) < 4.78 is 2.90. The summed E-state index contributed by atoms with van der Waals surface area (Å²) in [5, 5.41) is 1.39. The zero-order valence-electron chi connectivity index (χ0n) is 45.1. The Bertz CT molecular complexity index is 3120. The molecule has 3 aliphatic carbocycles. The quantitative estimate of drug-likeness (QED) is 0.113. The van der Waals surface area contributed by atoms with Crippen molar-refractivity contribution >= 4 is 44.3 Å². The van der Waals surface area contributed by atoms with Gasteiger partial charge in [-0.1, -0.05) is 200 Å². The van der Waals surface area contributed by atoms with Crippen molar-refractivity contribution in [2.24, 2.45) is 23.2 Å². The summed E-state index contributed by atoms with van der Waals surface area (Å²) in [5.41, 5.74) is 19.7. The molecule has 3 unspecified atom stereocenters. The van der Waals surface area contributed by atoms with Crippen molar-refractivity contribution in [1.29, 1.82) is 0 Å². The maximum Gasteiger partial charge on any atom is 0.259 e. The van der Waals surface area contributed by atoms with Gasteiger partial charge in [-0.25, -0.2) is 0 Å². The van der Waals surface area contributed by atoms with E-state index in [9.17, 15) is 0 Å². The van der Waals surface area contributed by atoms with E-state index >= 15 is 0 Å². The first kappa shape index (κ1) is 48.4. The lowest BCUT2D eigenvalue weighted by atomic mass is 9.33. The van der Waals surface area contributed by atoms with Gasteiger partial charge in [-0.05, 0) is 135 Å². The molecule has 1 aromatic heterocycles. The number of hydrogen-bond acceptors (Lipinski definition) is 3. The van der Waals surface area contributed by atoms with Crippen LogP contribution in [0.2, 0.25) is 0 Å². The Morgan fingerprint density at radius 3 is 2.10 bits per heavy atom. The predicted molar refractivity (Wildman–Crippen MR) is 305 cm³/mol. The van der Waals surface area contributed by atoms with E-state index < -0.39 is 0 Å². The smallest absolute Gasteiger partial charge is 0.259 e. The van der Waals surface area contributed by atoms with Crippen molar-refractivity contribution in [3.05, 3.63) is 171 Å². The van der Waals surface area contributed by atoms with Gasteiger partial charge in [-0.3, -0.25) is 0 Å². The van der Waals surface area contributed by atoms with E-state index in [0.29, 0.717) is 11.8 Å². The van der Waals surface area contributed by atoms with Gasteiger partial charge < -0.3 is 9.80 Å². The normalized spacial score (nSPS) is 21.1. The minimum atomic E-state index is -0.0637. The molecule has 3 atom stereocenters. The summed E-state index contributed by atoms with van der Waals surface area (Å²) in [6, 6.07) is 35.2. The van der Waals surface area contributed by atoms with Crippen LogP contribution in [0.3, 0.4) is 0 Å². The lowest BCUT2D eigenvalue weighted by Gasteiger charge is -2.50. The van der Waals surface area contributed by atoms with Crippen LogP contribution in [-0.2, 0) is 21.7 Å².